The molecule has 2 aromatic rings. The van der Waals surface area contributed by atoms with Gasteiger partial charge in [-0.2, -0.15) is 13.2 Å². The van der Waals surface area contributed by atoms with Gasteiger partial charge in [0.05, 0.1) is 0 Å². The maximum absolute atomic E-state index is 13.3. The number of nitrogens with zero attached hydrogens (tertiary/aromatic N) is 3. The average molecular weight is 295 g/mol. The highest BCUT2D eigenvalue weighted by atomic mass is 19.4. The van der Waals surface area contributed by atoms with Crippen LogP contribution in [-0.2, 0) is 6.18 Å². The topological polar surface area (TPSA) is 30.7 Å². The van der Waals surface area contributed by atoms with Gasteiger partial charge in [0.2, 0.25) is 0 Å². The molecule has 2 aromatic heterocycles. The lowest BCUT2D eigenvalue weighted by molar-refractivity contribution is -0.141. The van der Waals surface area contributed by atoms with Gasteiger partial charge >= 0.3 is 6.18 Å². The minimum Gasteiger partial charge on any atom is -0.310 e. The number of imidazole rings is 1. The first-order valence-corrected chi connectivity index (χ1v) is 7.42. The van der Waals surface area contributed by atoms with E-state index in [-0.39, 0.29) is 12.0 Å². The Kier molecular flexibility index (Phi) is 2.63. The molecule has 21 heavy (non-hydrogen) atoms. The molecule has 0 atom stereocenters. The predicted molar refractivity (Wildman–Crippen MR) is 72.1 cm³/mol. The quantitative estimate of drug-likeness (QED) is 0.824. The Bertz CT molecular complexity index is 709. The lowest BCUT2D eigenvalue weighted by Crippen LogP contribution is -2.19. The van der Waals surface area contributed by atoms with E-state index >= 15 is 0 Å². The highest BCUT2D eigenvalue weighted by Crippen LogP contribution is 2.46. The van der Waals surface area contributed by atoms with Gasteiger partial charge in [0, 0.05) is 6.04 Å². The normalized spacial score (nSPS) is 20.0. The Labute approximate surface area is 120 Å². The molecular formula is C15H16F3N3. The second kappa shape index (κ2) is 4.21. The molecule has 0 saturated heterocycles. The Hall–Kier alpha value is -1.59. The van der Waals surface area contributed by atoms with Crippen LogP contribution in [0.15, 0.2) is 6.07 Å². The molecule has 0 spiro atoms. The van der Waals surface area contributed by atoms with Crippen LogP contribution in [-0.4, -0.2) is 14.5 Å². The van der Waals surface area contributed by atoms with Crippen molar-refractivity contribution >= 4 is 11.2 Å². The molecule has 0 bridgehead atoms. The first-order chi connectivity index (χ1) is 9.95. The third kappa shape index (κ3) is 2.03. The van der Waals surface area contributed by atoms with Gasteiger partial charge in [0.1, 0.15) is 11.3 Å². The van der Waals surface area contributed by atoms with E-state index in [1.165, 1.54) is 0 Å². The molecule has 0 amide bonds. The number of pyridine rings is 1. The number of hydrogen-bond donors (Lipinski definition) is 0. The lowest BCUT2D eigenvalue weighted by Gasteiger charge is -2.28. The van der Waals surface area contributed by atoms with Crippen molar-refractivity contribution in [1.29, 1.82) is 0 Å². The number of halogens is 3. The molecule has 112 valence electrons. The summed E-state index contributed by atoms with van der Waals surface area (Å²) in [4.78, 5) is 8.45. The van der Waals surface area contributed by atoms with Crippen LogP contribution in [0.2, 0.25) is 0 Å². The van der Waals surface area contributed by atoms with Crippen molar-refractivity contribution in [2.45, 2.75) is 57.2 Å². The minimum atomic E-state index is -4.39. The summed E-state index contributed by atoms with van der Waals surface area (Å²) in [6.07, 6.45) is 0.362. The zero-order valence-electron chi connectivity index (χ0n) is 11.7. The van der Waals surface area contributed by atoms with E-state index in [1.807, 2.05) is 11.5 Å². The molecule has 2 aliphatic rings. The van der Waals surface area contributed by atoms with E-state index in [1.54, 1.807) is 6.07 Å². The molecule has 0 N–H and O–H groups in total. The van der Waals surface area contributed by atoms with Crippen LogP contribution in [0.1, 0.15) is 61.1 Å². The highest BCUT2D eigenvalue weighted by Gasteiger charge is 2.41. The van der Waals surface area contributed by atoms with Crippen LogP contribution in [0.25, 0.3) is 11.2 Å². The van der Waals surface area contributed by atoms with Crippen molar-refractivity contribution in [3.05, 3.63) is 23.1 Å². The van der Waals surface area contributed by atoms with E-state index in [0.29, 0.717) is 16.7 Å². The number of alkyl halides is 3. The molecule has 4 rings (SSSR count). The van der Waals surface area contributed by atoms with E-state index in [2.05, 4.69) is 9.97 Å². The van der Waals surface area contributed by atoms with Crippen molar-refractivity contribution in [1.82, 2.24) is 14.5 Å². The minimum absolute atomic E-state index is 0.00711. The third-order valence-corrected chi connectivity index (χ3v) is 4.60. The molecule has 3 nitrogen and oxygen atoms in total. The van der Waals surface area contributed by atoms with Crippen molar-refractivity contribution in [2.24, 2.45) is 0 Å². The SMILES string of the molecule is Cc1nc2cc(C3CC3)c(C(F)(F)F)nc2n1C1CCC1. The maximum atomic E-state index is 13.3. The predicted octanol–water partition coefficient (Wildman–Crippen LogP) is 4.36. The third-order valence-electron chi connectivity index (χ3n) is 4.60. The fourth-order valence-corrected chi connectivity index (χ4v) is 3.16. The van der Waals surface area contributed by atoms with Crippen molar-refractivity contribution in [3.8, 4) is 0 Å². The second-order valence-electron chi connectivity index (χ2n) is 6.15. The summed E-state index contributed by atoms with van der Waals surface area (Å²) in [7, 11) is 0. The molecule has 0 aromatic carbocycles. The Morgan fingerprint density at radius 1 is 1.14 bits per heavy atom. The maximum Gasteiger partial charge on any atom is 0.433 e. The van der Waals surface area contributed by atoms with Crippen LogP contribution in [0.4, 0.5) is 13.2 Å². The smallest absolute Gasteiger partial charge is 0.310 e. The van der Waals surface area contributed by atoms with Crippen molar-refractivity contribution in [2.75, 3.05) is 0 Å². The fourth-order valence-electron chi connectivity index (χ4n) is 3.16. The first-order valence-electron chi connectivity index (χ1n) is 7.42. The van der Waals surface area contributed by atoms with Crippen LogP contribution < -0.4 is 0 Å². The largest absolute Gasteiger partial charge is 0.433 e. The van der Waals surface area contributed by atoms with Gasteiger partial charge in [-0.1, -0.05) is 0 Å². The van der Waals surface area contributed by atoms with E-state index < -0.39 is 11.9 Å². The Morgan fingerprint density at radius 2 is 1.86 bits per heavy atom. The van der Waals surface area contributed by atoms with Gasteiger partial charge < -0.3 is 4.57 Å². The molecular weight excluding hydrogens is 279 g/mol. The standard InChI is InChI=1S/C15H16F3N3/c1-8-19-12-7-11(9-5-6-9)13(15(16,17)18)20-14(12)21(8)10-3-2-4-10/h7,9-10H,2-6H2,1H3. The molecule has 2 heterocycles. The van der Waals surface area contributed by atoms with Crippen LogP contribution in [0.3, 0.4) is 0 Å². The van der Waals surface area contributed by atoms with Crippen molar-refractivity contribution in [3.63, 3.8) is 0 Å². The van der Waals surface area contributed by atoms with Crippen molar-refractivity contribution < 1.29 is 13.2 Å². The van der Waals surface area contributed by atoms with Gasteiger partial charge in [0.25, 0.3) is 0 Å². The first kappa shape index (κ1) is 13.1. The summed E-state index contributed by atoms with van der Waals surface area (Å²) < 4.78 is 41.8. The number of hydrogen-bond acceptors (Lipinski definition) is 2. The zero-order chi connectivity index (χ0) is 14.8. The van der Waals surface area contributed by atoms with Gasteiger partial charge in [-0.25, -0.2) is 9.97 Å². The Morgan fingerprint density at radius 3 is 2.38 bits per heavy atom. The van der Waals surface area contributed by atoms with E-state index in [9.17, 15) is 13.2 Å². The molecule has 2 aliphatic carbocycles. The zero-order valence-corrected chi connectivity index (χ0v) is 11.7. The molecule has 0 radical (unpaired) electrons. The summed E-state index contributed by atoms with van der Waals surface area (Å²) >= 11 is 0. The van der Waals surface area contributed by atoms with E-state index in [0.717, 1.165) is 37.9 Å². The lowest BCUT2D eigenvalue weighted by atomic mass is 9.93. The number of aromatic nitrogens is 3. The molecule has 6 heteroatoms. The summed E-state index contributed by atoms with van der Waals surface area (Å²) in [5.41, 5.74) is 0.620. The Balaban J connectivity index is 1.95. The van der Waals surface area contributed by atoms with Crippen LogP contribution in [0.5, 0.6) is 0 Å². The average Bonchev–Trinajstić information content (AvgIpc) is 3.12. The summed E-state index contributed by atoms with van der Waals surface area (Å²) in [5, 5.41) is 0. The summed E-state index contributed by atoms with van der Waals surface area (Å²) in [6, 6.07) is 1.88. The van der Waals surface area contributed by atoms with Gasteiger partial charge in [0.15, 0.2) is 11.3 Å². The van der Waals surface area contributed by atoms with Crippen LogP contribution >= 0.6 is 0 Å². The number of aryl methyl sites for hydroxylation is 1. The molecule has 2 fully saturated rings. The summed E-state index contributed by atoms with van der Waals surface area (Å²) in [6.45, 7) is 1.85. The van der Waals surface area contributed by atoms with Crippen LogP contribution in [0, 0.1) is 6.92 Å². The van der Waals surface area contributed by atoms with Gasteiger partial charge in [-0.3, -0.25) is 0 Å². The highest BCUT2D eigenvalue weighted by molar-refractivity contribution is 5.74. The van der Waals surface area contributed by atoms with E-state index in [4.69, 9.17) is 0 Å². The van der Waals surface area contributed by atoms with Gasteiger partial charge in [-0.05, 0) is 56.6 Å². The summed E-state index contributed by atoms with van der Waals surface area (Å²) in [5.74, 6) is 0.774. The second-order valence-corrected chi connectivity index (χ2v) is 6.15. The molecule has 0 unspecified atom stereocenters. The number of rotatable bonds is 2. The number of fused-ring (bicyclic) bond motifs is 1. The fraction of sp³-hybridized carbons (Fsp3) is 0.600. The molecule has 2 saturated carbocycles. The monoisotopic (exact) mass is 295 g/mol. The van der Waals surface area contributed by atoms with Gasteiger partial charge in [-0.15, -0.1) is 0 Å². The molecule has 0 aliphatic heterocycles.